The number of piperidine rings is 1. The van der Waals surface area contributed by atoms with Crippen molar-refractivity contribution in [3.05, 3.63) is 34.9 Å². The molecule has 0 amide bonds. The molecule has 0 atom stereocenters. The Bertz CT molecular complexity index is 397. The Hall–Kier alpha value is -0.130. The van der Waals surface area contributed by atoms with E-state index in [-0.39, 0.29) is 0 Å². The number of benzene rings is 1. The lowest BCUT2D eigenvalue weighted by molar-refractivity contribution is 0.172. The molecule has 1 aliphatic rings. The van der Waals surface area contributed by atoms with Gasteiger partial charge in [-0.15, -0.1) is 0 Å². The summed E-state index contributed by atoms with van der Waals surface area (Å²) in [6, 6.07) is 7.55. The summed E-state index contributed by atoms with van der Waals surface area (Å²) < 4.78 is 2.40. The van der Waals surface area contributed by atoms with Crippen molar-refractivity contribution in [1.29, 1.82) is 0 Å². The maximum Gasteiger partial charge on any atom is 0.0236 e. The minimum atomic E-state index is 0.747. The molecule has 0 N–H and O–H groups in total. The van der Waals surface area contributed by atoms with E-state index in [1.54, 1.807) is 0 Å². The number of rotatable bonds is 3. The van der Waals surface area contributed by atoms with Gasteiger partial charge in [0.25, 0.3) is 0 Å². The Balaban J connectivity index is 1.96. The van der Waals surface area contributed by atoms with Gasteiger partial charge < -0.3 is 0 Å². The second kappa shape index (κ2) is 6.35. The summed E-state index contributed by atoms with van der Waals surface area (Å²) in [6.07, 6.45) is 2.59. The third-order valence-corrected chi connectivity index (χ3v) is 4.92. The third kappa shape index (κ3) is 3.68. The smallest absolute Gasteiger partial charge is 0.0236 e. The van der Waals surface area contributed by atoms with Gasteiger partial charge >= 0.3 is 0 Å². The largest absolute Gasteiger partial charge is 0.299 e. The van der Waals surface area contributed by atoms with E-state index < -0.39 is 0 Å². The Morgan fingerprint density at radius 2 is 1.94 bits per heavy atom. The number of hydrogen-bond acceptors (Lipinski definition) is 2. The molecule has 0 bridgehead atoms. The van der Waals surface area contributed by atoms with Crippen molar-refractivity contribution in [3.63, 3.8) is 0 Å². The second-order valence-electron chi connectivity index (χ2n) is 5.49. The Kier molecular flexibility index (Phi) is 5.04. The highest BCUT2D eigenvalue weighted by Crippen LogP contribution is 2.20. The fraction of sp³-hybridized carbons (Fsp3) is 0.600. The van der Waals surface area contributed by atoms with Crippen LogP contribution in [0.2, 0.25) is 0 Å². The molecule has 1 saturated heterocycles. The van der Waals surface area contributed by atoms with Crippen LogP contribution in [0.4, 0.5) is 0 Å². The van der Waals surface area contributed by atoms with Crippen LogP contribution < -0.4 is 0 Å². The van der Waals surface area contributed by atoms with Crippen LogP contribution in [0.5, 0.6) is 0 Å². The van der Waals surface area contributed by atoms with Crippen LogP contribution in [0.3, 0.4) is 0 Å². The highest BCUT2D eigenvalue weighted by atomic mass is 127. The lowest BCUT2D eigenvalue weighted by Crippen LogP contribution is -2.39. The van der Waals surface area contributed by atoms with E-state index in [0.717, 1.165) is 12.6 Å². The summed E-state index contributed by atoms with van der Waals surface area (Å²) in [5.41, 5.74) is 4.25. The molecule has 18 heavy (non-hydrogen) atoms. The molecule has 1 heterocycles. The zero-order valence-corrected chi connectivity index (χ0v) is 13.8. The monoisotopic (exact) mass is 358 g/mol. The van der Waals surface area contributed by atoms with Crippen LogP contribution in [0, 0.1) is 13.8 Å². The van der Waals surface area contributed by atoms with Gasteiger partial charge in [-0.25, -0.2) is 3.11 Å². The summed E-state index contributed by atoms with van der Waals surface area (Å²) in [4.78, 5) is 2.53. The maximum atomic E-state index is 2.53. The van der Waals surface area contributed by atoms with Gasteiger partial charge in [-0.05, 0) is 44.9 Å². The first-order valence-electron chi connectivity index (χ1n) is 6.73. The number of halogens is 1. The average molecular weight is 358 g/mol. The van der Waals surface area contributed by atoms with Crippen LogP contribution in [0.1, 0.15) is 29.5 Å². The van der Waals surface area contributed by atoms with Crippen molar-refractivity contribution in [2.75, 3.05) is 20.1 Å². The number of nitrogens with zero attached hydrogens (tertiary/aromatic N) is 2. The Morgan fingerprint density at radius 1 is 1.28 bits per heavy atom. The van der Waals surface area contributed by atoms with Gasteiger partial charge in [0.15, 0.2) is 0 Å². The molecule has 0 aliphatic carbocycles. The highest BCUT2D eigenvalue weighted by molar-refractivity contribution is 14.1. The molecule has 3 heteroatoms. The molecule has 2 rings (SSSR count). The molecule has 1 aromatic rings. The van der Waals surface area contributed by atoms with Gasteiger partial charge in [-0.2, -0.15) is 0 Å². The first-order valence-corrected chi connectivity index (χ1v) is 7.70. The van der Waals surface area contributed by atoms with E-state index in [1.165, 1.54) is 42.6 Å². The normalized spacial score (nSPS) is 18.5. The molecule has 100 valence electrons. The first-order chi connectivity index (χ1) is 8.56. The van der Waals surface area contributed by atoms with E-state index in [4.69, 9.17) is 0 Å². The van der Waals surface area contributed by atoms with Crippen molar-refractivity contribution >= 4 is 22.9 Å². The van der Waals surface area contributed by atoms with Crippen molar-refractivity contribution in [2.24, 2.45) is 0 Å². The van der Waals surface area contributed by atoms with Gasteiger partial charge in [-0.1, -0.05) is 23.8 Å². The SMILES string of the molecule is Cc1ccc(CN(C)C2CCN(I)CC2)c(C)c1. The summed E-state index contributed by atoms with van der Waals surface area (Å²) in [5, 5.41) is 0. The van der Waals surface area contributed by atoms with E-state index in [9.17, 15) is 0 Å². The second-order valence-corrected chi connectivity index (χ2v) is 6.85. The molecule has 1 aliphatic heterocycles. The van der Waals surface area contributed by atoms with Gasteiger partial charge in [0.1, 0.15) is 0 Å². The molecule has 1 aromatic carbocycles. The molecule has 2 nitrogen and oxygen atoms in total. The predicted molar refractivity (Wildman–Crippen MR) is 86.0 cm³/mol. The fourth-order valence-corrected chi connectivity index (χ4v) is 3.25. The summed E-state index contributed by atoms with van der Waals surface area (Å²) >= 11 is 2.44. The highest BCUT2D eigenvalue weighted by Gasteiger charge is 2.21. The van der Waals surface area contributed by atoms with Crippen LogP contribution in [-0.4, -0.2) is 34.2 Å². The summed E-state index contributed by atoms with van der Waals surface area (Å²) in [5.74, 6) is 0. The number of aryl methyl sites for hydroxylation is 2. The molecule has 0 unspecified atom stereocenters. The van der Waals surface area contributed by atoms with Crippen molar-refractivity contribution in [2.45, 2.75) is 39.3 Å². The molecule has 0 radical (unpaired) electrons. The van der Waals surface area contributed by atoms with E-state index in [1.807, 2.05) is 0 Å². The molecular formula is C15H23IN2. The summed E-state index contributed by atoms with van der Waals surface area (Å²) in [7, 11) is 2.27. The molecular weight excluding hydrogens is 335 g/mol. The van der Waals surface area contributed by atoms with Crippen LogP contribution in [0.25, 0.3) is 0 Å². The van der Waals surface area contributed by atoms with E-state index in [2.05, 4.69) is 70.0 Å². The summed E-state index contributed by atoms with van der Waals surface area (Å²) in [6.45, 7) is 7.92. The van der Waals surface area contributed by atoms with Crippen molar-refractivity contribution < 1.29 is 0 Å². The number of hydrogen-bond donors (Lipinski definition) is 0. The lowest BCUT2D eigenvalue weighted by atomic mass is 10.0. The molecule has 1 fully saturated rings. The van der Waals surface area contributed by atoms with E-state index in [0.29, 0.717) is 0 Å². The van der Waals surface area contributed by atoms with Crippen LogP contribution in [-0.2, 0) is 6.54 Å². The lowest BCUT2D eigenvalue weighted by Gasteiger charge is -2.34. The Labute approximate surface area is 125 Å². The van der Waals surface area contributed by atoms with Crippen molar-refractivity contribution in [3.8, 4) is 0 Å². The molecule has 0 saturated carbocycles. The van der Waals surface area contributed by atoms with E-state index >= 15 is 0 Å². The fourth-order valence-electron chi connectivity index (χ4n) is 2.70. The topological polar surface area (TPSA) is 6.48 Å². The maximum absolute atomic E-state index is 2.53. The first kappa shape index (κ1) is 14.3. The van der Waals surface area contributed by atoms with Gasteiger partial charge in [-0.3, -0.25) is 4.90 Å². The quantitative estimate of drug-likeness (QED) is 0.602. The zero-order valence-electron chi connectivity index (χ0n) is 11.6. The molecule has 0 aromatic heterocycles. The van der Waals surface area contributed by atoms with Gasteiger partial charge in [0.2, 0.25) is 0 Å². The van der Waals surface area contributed by atoms with Crippen LogP contribution >= 0.6 is 22.9 Å². The average Bonchev–Trinajstić information content (AvgIpc) is 2.33. The predicted octanol–water partition coefficient (Wildman–Crippen LogP) is 3.55. The zero-order chi connectivity index (χ0) is 13.1. The third-order valence-electron chi connectivity index (χ3n) is 3.95. The van der Waals surface area contributed by atoms with Crippen LogP contribution in [0.15, 0.2) is 18.2 Å². The Morgan fingerprint density at radius 3 is 2.56 bits per heavy atom. The minimum absolute atomic E-state index is 0.747. The van der Waals surface area contributed by atoms with Crippen molar-refractivity contribution in [1.82, 2.24) is 8.01 Å². The molecule has 0 spiro atoms. The minimum Gasteiger partial charge on any atom is -0.299 e. The standard InChI is InChI=1S/C15H23IN2/c1-12-4-5-14(13(2)10-12)11-17(3)15-6-8-18(16)9-7-15/h4-5,10,15H,6-9,11H2,1-3H3. The van der Waals surface area contributed by atoms with Gasteiger partial charge in [0, 0.05) is 48.5 Å². The van der Waals surface area contributed by atoms with Gasteiger partial charge in [0.05, 0.1) is 0 Å².